The molecule has 0 bridgehead atoms. The van der Waals surface area contributed by atoms with Gasteiger partial charge in [0.25, 0.3) is 0 Å². The van der Waals surface area contributed by atoms with Crippen molar-refractivity contribution < 1.29 is 13.5 Å². The Kier molecular flexibility index (Phi) is 4.66. The molecule has 0 aliphatic heterocycles. The lowest BCUT2D eigenvalue weighted by molar-refractivity contribution is 0.0955. The Labute approximate surface area is 106 Å². The number of halogens is 2. The van der Waals surface area contributed by atoms with E-state index in [2.05, 4.69) is 0 Å². The Balaban J connectivity index is 1.75. The van der Waals surface area contributed by atoms with Gasteiger partial charge < -0.3 is 10.5 Å². The average Bonchev–Trinajstić information content (AvgIpc) is 2.29. The van der Waals surface area contributed by atoms with Crippen LogP contribution in [-0.4, -0.2) is 13.2 Å². The molecule has 100 valence electrons. The topological polar surface area (TPSA) is 35.2 Å². The van der Waals surface area contributed by atoms with E-state index in [9.17, 15) is 8.78 Å². The molecule has 0 aromatic heterocycles. The van der Waals surface area contributed by atoms with Crippen LogP contribution in [0.4, 0.5) is 8.78 Å². The molecule has 18 heavy (non-hydrogen) atoms. The van der Waals surface area contributed by atoms with E-state index in [1.54, 1.807) is 0 Å². The van der Waals surface area contributed by atoms with Gasteiger partial charge in [0.1, 0.15) is 11.6 Å². The number of hydrogen-bond donors (Lipinski definition) is 1. The van der Waals surface area contributed by atoms with Gasteiger partial charge in [-0.1, -0.05) is 19.3 Å². The van der Waals surface area contributed by atoms with Crippen molar-refractivity contribution in [2.24, 2.45) is 11.7 Å². The van der Waals surface area contributed by atoms with Crippen LogP contribution in [0.15, 0.2) is 18.2 Å². The van der Waals surface area contributed by atoms with E-state index in [1.807, 2.05) is 0 Å². The summed E-state index contributed by atoms with van der Waals surface area (Å²) in [6, 6.07) is 2.71. The second kappa shape index (κ2) is 6.25. The van der Waals surface area contributed by atoms with E-state index >= 15 is 0 Å². The molecule has 2 nitrogen and oxygen atoms in total. The summed E-state index contributed by atoms with van der Waals surface area (Å²) < 4.78 is 31.8. The minimum absolute atomic E-state index is 0.179. The summed E-state index contributed by atoms with van der Waals surface area (Å²) >= 11 is 0. The van der Waals surface area contributed by atoms with Crippen molar-refractivity contribution in [1.29, 1.82) is 0 Å². The lowest BCUT2D eigenvalue weighted by Crippen LogP contribution is -2.20. The van der Waals surface area contributed by atoms with Crippen LogP contribution in [0.1, 0.15) is 37.3 Å². The molecule has 0 spiro atoms. The molecule has 1 saturated carbocycles. The predicted molar refractivity (Wildman–Crippen MR) is 66.1 cm³/mol. The third-order valence-corrected chi connectivity index (χ3v) is 3.55. The smallest absolute Gasteiger partial charge is 0.128 e. The van der Waals surface area contributed by atoms with E-state index in [4.69, 9.17) is 10.5 Å². The van der Waals surface area contributed by atoms with Crippen LogP contribution in [0.25, 0.3) is 0 Å². The van der Waals surface area contributed by atoms with Crippen LogP contribution in [0.5, 0.6) is 0 Å². The first-order valence-corrected chi connectivity index (χ1v) is 6.45. The minimum Gasteiger partial charge on any atom is -0.379 e. The van der Waals surface area contributed by atoms with Crippen molar-refractivity contribution in [2.75, 3.05) is 13.2 Å². The molecule has 1 aromatic rings. The Morgan fingerprint density at radius 2 is 2.11 bits per heavy atom. The van der Waals surface area contributed by atoms with Crippen molar-refractivity contribution in [1.82, 2.24) is 0 Å². The normalized spacial score (nSPS) is 17.5. The summed E-state index contributed by atoms with van der Waals surface area (Å²) in [5.74, 6) is -0.171. The first-order chi connectivity index (χ1) is 8.66. The second-order valence-electron chi connectivity index (χ2n) is 4.93. The molecule has 1 aliphatic rings. The van der Waals surface area contributed by atoms with Gasteiger partial charge in [0.15, 0.2) is 0 Å². The number of nitrogens with two attached hydrogens (primary N) is 1. The molecular weight excluding hydrogens is 236 g/mol. The van der Waals surface area contributed by atoms with Gasteiger partial charge in [0.05, 0.1) is 12.6 Å². The maximum Gasteiger partial charge on any atom is 0.128 e. The summed E-state index contributed by atoms with van der Waals surface area (Å²) in [6.45, 7) is 0.877. The highest BCUT2D eigenvalue weighted by molar-refractivity contribution is 5.22. The number of ether oxygens (including phenoxy) is 1. The van der Waals surface area contributed by atoms with Gasteiger partial charge in [-0.2, -0.15) is 0 Å². The van der Waals surface area contributed by atoms with Crippen LogP contribution in [-0.2, 0) is 4.74 Å². The largest absolute Gasteiger partial charge is 0.379 e. The highest BCUT2D eigenvalue weighted by atomic mass is 19.1. The highest BCUT2D eigenvalue weighted by Crippen LogP contribution is 2.29. The van der Waals surface area contributed by atoms with E-state index < -0.39 is 17.7 Å². The molecule has 1 aromatic carbocycles. The van der Waals surface area contributed by atoms with E-state index in [1.165, 1.54) is 19.3 Å². The predicted octanol–water partition coefficient (Wildman–Crippen LogP) is 3.17. The van der Waals surface area contributed by atoms with E-state index in [0.717, 1.165) is 30.5 Å². The summed E-state index contributed by atoms with van der Waals surface area (Å²) in [5, 5.41) is 0. The molecule has 1 unspecified atom stereocenters. The third kappa shape index (κ3) is 3.50. The lowest BCUT2D eigenvalue weighted by Gasteiger charge is -2.25. The summed E-state index contributed by atoms with van der Waals surface area (Å²) in [4.78, 5) is 0. The van der Waals surface area contributed by atoms with Gasteiger partial charge in [-0.15, -0.1) is 0 Å². The molecule has 0 amide bonds. The van der Waals surface area contributed by atoms with Gasteiger partial charge in [-0.05, 0) is 30.5 Å². The van der Waals surface area contributed by atoms with Crippen molar-refractivity contribution in [3.05, 3.63) is 35.4 Å². The molecule has 0 heterocycles. The third-order valence-electron chi connectivity index (χ3n) is 3.55. The zero-order valence-corrected chi connectivity index (χ0v) is 10.4. The fraction of sp³-hybridized carbons (Fsp3) is 0.571. The highest BCUT2D eigenvalue weighted by Gasteiger charge is 2.17. The Morgan fingerprint density at radius 3 is 2.78 bits per heavy atom. The van der Waals surface area contributed by atoms with Gasteiger partial charge in [0, 0.05) is 12.2 Å². The van der Waals surface area contributed by atoms with Gasteiger partial charge >= 0.3 is 0 Å². The summed E-state index contributed by atoms with van der Waals surface area (Å²) in [6.07, 6.45) is 4.93. The van der Waals surface area contributed by atoms with Crippen LogP contribution < -0.4 is 5.73 Å². The lowest BCUT2D eigenvalue weighted by atomic mass is 9.83. The molecule has 0 radical (unpaired) electrons. The summed E-state index contributed by atoms with van der Waals surface area (Å²) in [7, 11) is 0. The Morgan fingerprint density at radius 1 is 1.33 bits per heavy atom. The Bertz CT molecular complexity index is 393. The zero-order valence-electron chi connectivity index (χ0n) is 10.4. The molecule has 1 atom stereocenters. The fourth-order valence-corrected chi connectivity index (χ4v) is 2.13. The molecular formula is C14H19F2NO. The maximum atomic E-state index is 13.4. The number of rotatable bonds is 6. The number of benzene rings is 1. The van der Waals surface area contributed by atoms with Crippen molar-refractivity contribution >= 4 is 0 Å². The van der Waals surface area contributed by atoms with Crippen LogP contribution in [0, 0.1) is 17.6 Å². The molecule has 2 rings (SSSR count). The van der Waals surface area contributed by atoms with Gasteiger partial charge in [-0.3, -0.25) is 0 Å². The maximum absolute atomic E-state index is 13.4. The monoisotopic (exact) mass is 255 g/mol. The van der Waals surface area contributed by atoms with Crippen molar-refractivity contribution in [2.45, 2.75) is 31.7 Å². The van der Waals surface area contributed by atoms with Gasteiger partial charge in [0.2, 0.25) is 0 Å². The van der Waals surface area contributed by atoms with E-state index in [-0.39, 0.29) is 12.2 Å². The Hall–Kier alpha value is -1.00. The van der Waals surface area contributed by atoms with Crippen LogP contribution >= 0.6 is 0 Å². The standard InChI is InChI=1S/C14H19F2NO/c15-11-4-5-13(16)12(8-11)14(17)9-18-7-6-10-2-1-3-10/h4-5,8,10,14H,1-3,6-7,9,17H2. The summed E-state index contributed by atoms with van der Waals surface area (Å²) in [5.41, 5.74) is 5.98. The molecule has 1 fully saturated rings. The zero-order chi connectivity index (χ0) is 13.0. The second-order valence-corrected chi connectivity index (χ2v) is 4.93. The van der Waals surface area contributed by atoms with Gasteiger partial charge in [-0.25, -0.2) is 8.78 Å². The molecule has 0 saturated heterocycles. The molecule has 1 aliphatic carbocycles. The SMILES string of the molecule is NC(COCCC1CCC1)c1cc(F)ccc1F. The first-order valence-electron chi connectivity index (χ1n) is 6.45. The quantitative estimate of drug-likeness (QED) is 0.792. The average molecular weight is 255 g/mol. The number of hydrogen-bond acceptors (Lipinski definition) is 2. The van der Waals surface area contributed by atoms with Crippen molar-refractivity contribution in [3.63, 3.8) is 0 Å². The van der Waals surface area contributed by atoms with E-state index in [0.29, 0.717) is 6.61 Å². The fourth-order valence-electron chi connectivity index (χ4n) is 2.13. The van der Waals surface area contributed by atoms with Crippen LogP contribution in [0.2, 0.25) is 0 Å². The molecule has 4 heteroatoms. The van der Waals surface area contributed by atoms with Crippen molar-refractivity contribution in [3.8, 4) is 0 Å². The minimum atomic E-state index is -0.609. The first kappa shape index (κ1) is 13.4. The molecule has 2 N–H and O–H groups in total. The van der Waals surface area contributed by atoms with Crippen LogP contribution in [0.3, 0.4) is 0 Å².